The fraction of sp³-hybridized carbons (Fsp3) is 0.562. The van der Waals surface area contributed by atoms with E-state index >= 15 is 0 Å². The van der Waals surface area contributed by atoms with Crippen LogP contribution in [0.15, 0.2) is 28.0 Å². The molecule has 0 aliphatic rings. The summed E-state index contributed by atoms with van der Waals surface area (Å²) >= 11 is 1.46. The Balaban J connectivity index is 3.11. The zero-order chi connectivity index (χ0) is 17.6. The van der Waals surface area contributed by atoms with E-state index < -0.39 is 10.0 Å². The third-order valence-electron chi connectivity index (χ3n) is 3.34. The molecule has 1 rings (SSSR count). The number of rotatable bonds is 8. The highest BCUT2D eigenvalue weighted by Crippen LogP contribution is 2.28. The van der Waals surface area contributed by atoms with E-state index in [4.69, 9.17) is 0 Å². The number of amides is 1. The normalized spacial score (nSPS) is 13.1. The first kappa shape index (κ1) is 20.0. The Labute approximate surface area is 143 Å². The third-order valence-corrected chi connectivity index (χ3v) is 5.72. The van der Waals surface area contributed by atoms with E-state index in [0.29, 0.717) is 5.69 Å². The maximum Gasteiger partial charge on any atom is 0.240 e. The topological polar surface area (TPSA) is 75.3 Å². The van der Waals surface area contributed by atoms with Gasteiger partial charge < -0.3 is 5.32 Å². The fourth-order valence-electron chi connectivity index (χ4n) is 2.05. The van der Waals surface area contributed by atoms with E-state index in [1.54, 1.807) is 26.0 Å². The van der Waals surface area contributed by atoms with Gasteiger partial charge in [0.25, 0.3) is 0 Å². The van der Waals surface area contributed by atoms with Crippen LogP contribution in [0, 0.1) is 5.92 Å². The minimum absolute atomic E-state index is 0.126. The molecule has 0 aliphatic carbocycles. The highest BCUT2D eigenvalue weighted by atomic mass is 32.2. The van der Waals surface area contributed by atoms with Gasteiger partial charge in [-0.05, 0) is 37.8 Å². The van der Waals surface area contributed by atoms with Gasteiger partial charge in [0.15, 0.2) is 0 Å². The molecule has 1 aromatic carbocycles. The van der Waals surface area contributed by atoms with Crippen molar-refractivity contribution in [2.24, 2.45) is 5.92 Å². The molecule has 0 heterocycles. The first-order valence-corrected chi connectivity index (χ1v) is 10.4. The summed E-state index contributed by atoms with van der Waals surface area (Å²) in [5.41, 5.74) is 0.530. The molecule has 1 amide bonds. The van der Waals surface area contributed by atoms with Gasteiger partial charge in [-0.3, -0.25) is 4.79 Å². The first-order chi connectivity index (χ1) is 10.7. The SMILES string of the molecule is CCC[C@H](C)NS(=O)(=O)c1ccc(SC)c(NC(=O)C(C)C)c1. The number of thioether (sulfide) groups is 1. The second-order valence-corrected chi connectivity index (χ2v) is 8.38. The minimum atomic E-state index is -3.60. The molecule has 1 atom stereocenters. The van der Waals surface area contributed by atoms with Crippen LogP contribution in [0.2, 0.25) is 0 Å². The molecular weight excluding hydrogens is 332 g/mol. The van der Waals surface area contributed by atoms with Crippen LogP contribution in [0.1, 0.15) is 40.5 Å². The maximum atomic E-state index is 12.5. The van der Waals surface area contributed by atoms with E-state index in [1.807, 2.05) is 20.1 Å². The quantitative estimate of drug-likeness (QED) is 0.698. The van der Waals surface area contributed by atoms with Crippen LogP contribution in [-0.4, -0.2) is 26.6 Å². The number of carbonyl (C=O) groups excluding carboxylic acids is 1. The van der Waals surface area contributed by atoms with Crippen molar-refractivity contribution in [3.8, 4) is 0 Å². The van der Waals surface area contributed by atoms with Crippen molar-refractivity contribution in [1.82, 2.24) is 4.72 Å². The minimum Gasteiger partial charge on any atom is -0.325 e. The zero-order valence-electron chi connectivity index (χ0n) is 14.3. The zero-order valence-corrected chi connectivity index (χ0v) is 16.0. The Bertz CT molecular complexity index is 643. The van der Waals surface area contributed by atoms with Crippen LogP contribution in [0.5, 0.6) is 0 Å². The second kappa shape index (κ2) is 8.70. The lowest BCUT2D eigenvalue weighted by Gasteiger charge is -2.16. The second-order valence-electron chi connectivity index (χ2n) is 5.82. The van der Waals surface area contributed by atoms with E-state index in [0.717, 1.165) is 17.7 Å². The highest BCUT2D eigenvalue weighted by molar-refractivity contribution is 7.98. The summed E-state index contributed by atoms with van der Waals surface area (Å²) < 4.78 is 27.6. The lowest BCUT2D eigenvalue weighted by molar-refractivity contribution is -0.118. The van der Waals surface area contributed by atoms with Crippen molar-refractivity contribution in [3.63, 3.8) is 0 Å². The van der Waals surface area contributed by atoms with E-state index in [1.165, 1.54) is 17.8 Å². The van der Waals surface area contributed by atoms with E-state index in [2.05, 4.69) is 10.0 Å². The smallest absolute Gasteiger partial charge is 0.240 e. The number of hydrogen-bond donors (Lipinski definition) is 2. The average molecular weight is 359 g/mol. The van der Waals surface area contributed by atoms with Gasteiger partial charge in [-0.15, -0.1) is 11.8 Å². The lowest BCUT2D eigenvalue weighted by Crippen LogP contribution is -2.32. The van der Waals surface area contributed by atoms with Gasteiger partial charge in [0.2, 0.25) is 15.9 Å². The Morgan fingerprint density at radius 2 is 1.91 bits per heavy atom. The molecule has 130 valence electrons. The summed E-state index contributed by atoms with van der Waals surface area (Å²) in [5, 5.41) is 2.80. The van der Waals surface area contributed by atoms with E-state index in [-0.39, 0.29) is 22.8 Å². The van der Waals surface area contributed by atoms with Crippen molar-refractivity contribution < 1.29 is 13.2 Å². The van der Waals surface area contributed by atoms with Crippen LogP contribution in [-0.2, 0) is 14.8 Å². The van der Waals surface area contributed by atoms with Crippen molar-refractivity contribution in [2.45, 2.75) is 56.4 Å². The molecule has 2 N–H and O–H groups in total. The largest absolute Gasteiger partial charge is 0.325 e. The number of carbonyl (C=O) groups is 1. The van der Waals surface area contributed by atoms with Crippen molar-refractivity contribution in [3.05, 3.63) is 18.2 Å². The number of sulfonamides is 1. The Hall–Kier alpha value is -1.05. The predicted molar refractivity (Wildman–Crippen MR) is 96.4 cm³/mol. The van der Waals surface area contributed by atoms with Gasteiger partial charge in [0.1, 0.15) is 0 Å². The van der Waals surface area contributed by atoms with Gasteiger partial charge in [-0.25, -0.2) is 13.1 Å². The molecule has 0 saturated carbocycles. The summed E-state index contributed by atoms with van der Waals surface area (Å²) in [7, 11) is -3.60. The van der Waals surface area contributed by atoms with Crippen LogP contribution >= 0.6 is 11.8 Å². The molecule has 0 radical (unpaired) electrons. The molecule has 5 nitrogen and oxygen atoms in total. The monoisotopic (exact) mass is 358 g/mol. The van der Waals surface area contributed by atoms with Crippen LogP contribution in [0.4, 0.5) is 5.69 Å². The summed E-state index contributed by atoms with van der Waals surface area (Å²) in [6, 6.07) is 4.68. The molecule has 1 aromatic rings. The van der Waals surface area contributed by atoms with Gasteiger partial charge in [0, 0.05) is 16.9 Å². The highest BCUT2D eigenvalue weighted by Gasteiger charge is 2.19. The van der Waals surface area contributed by atoms with Crippen molar-refractivity contribution >= 4 is 33.4 Å². The van der Waals surface area contributed by atoms with Gasteiger partial charge >= 0.3 is 0 Å². The van der Waals surface area contributed by atoms with Gasteiger partial charge in [0.05, 0.1) is 10.6 Å². The number of nitrogens with one attached hydrogen (secondary N) is 2. The molecule has 0 spiro atoms. The molecule has 0 aliphatic heterocycles. The molecule has 0 bridgehead atoms. The summed E-state index contributed by atoms with van der Waals surface area (Å²) in [4.78, 5) is 12.9. The Kier molecular flexibility index (Phi) is 7.57. The summed E-state index contributed by atoms with van der Waals surface area (Å²) in [5.74, 6) is -0.310. The Morgan fingerprint density at radius 3 is 2.43 bits per heavy atom. The van der Waals surface area contributed by atoms with Crippen LogP contribution in [0.3, 0.4) is 0 Å². The molecule has 0 unspecified atom stereocenters. The standard InChI is InChI=1S/C16H26N2O3S2/c1-6-7-12(4)18-23(20,21)13-8-9-15(22-5)14(10-13)17-16(19)11(2)3/h8-12,18H,6-7H2,1-5H3,(H,17,19)/t12-/m0/s1. The van der Waals surface area contributed by atoms with Crippen LogP contribution < -0.4 is 10.0 Å². The average Bonchev–Trinajstić information content (AvgIpc) is 2.46. The molecule has 23 heavy (non-hydrogen) atoms. The number of benzene rings is 1. The van der Waals surface area contributed by atoms with Gasteiger partial charge in [-0.1, -0.05) is 27.2 Å². The molecule has 0 fully saturated rings. The third kappa shape index (κ3) is 5.82. The number of hydrogen-bond acceptors (Lipinski definition) is 4. The molecular formula is C16H26N2O3S2. The maximum absolute atomic E-state index is 12.5. The summed E-state index contributed by atoms with van der Waals surface area (Å²) in [6.45, 7) is 7.45. The van der Waals surface area contributed by atoms with Crippen molar-refractivity contribution in [1.29, 1.82) is 0 Å². The van der Waals surface area contributed by atoms with E-state index in [9.17, 15) is 13.2 Å². The predicted octanol–water partition coefficient (Wildman–Crippen LogP) is 3.47. The van der Waals surface area contributed by atoms with Crippen LogP contribution in [0.25, 0.3) is 0 Å². The molecule has 0 saturated heterocycles. The fourth-order valence-corrected chi connectivity index (χ4v) is 3.89. The molecule has 7 heteroatoms. The van der Waals surface area contributed by atoms with Crippen molar-refractivity contribution in [2.75, 3.05) is 11.6 Å². The first-order valence-electron chi connectivity index (χ1n) is 7.72. The Morgan fingerprint density at radius 1 is 1.26 bits per heavy atom. The van der Waals surface area contributed by atoms with Gasteiger partial charge in [-0.2, -0.15) is 0 Å². The lowest BCUT2D eigenvalue weighted by atomic mass is 10.2. The number of anilines is 1. The molecule has 0 aromatic heterocycles. The summed E-state index contributed by atoms with van der Waals surface area (Å²) in [6.07, 6.45) is 3.57.